The Balaban J connectivity index is 1.43. The quantitative estimate of drug-likeness (QED) is 0.708. The first kappa shape index (κ1) is 21.2. The average molecular weight is 436 g/mol. The number of anilines is 1. The first-order chi connectivity index (χ1) is 15.8. The van der Waals surface area contributed by atoms with Crippen LogP contribution in [0.1, 0.15) is 32.1 Å². The first-order valence-electron chi connectivity index (χ1n) is 11.8. The van der Waals surface area contributed by atoms with Gasteiger partial charge in [0.25, 0.3) is 0 Å². The van der Waals surface area contributed by atoms with E-state index in [1.54, 1.807) is 20.5 Å². The summed E-state index contributed by atoms with van der Waals surface area (Å²) in [6.07, 6.45) is 17.1. The summed E-state index contributed by atoms with van der Waals surface area (Å²) in [6.45, 7) is 4.50. The zero-order valence-corrected chi connectivity index (χ0v) is 19.1. The maximum atomic E-state index is 5.56. The number of fused-ring (bicyclic) bond motifs is 1. The second-order valence-corrected chi connectivity index (χ2v) is 8.83. The van der Waals surface area contributed by atoms with Gasteiger partial charge in [-0.2, -0.15) is 0 Å². The molecule has 7 nitrogen and oxygen atoms in total. The molecule has 1 saturated carbocycles. The number of rotatable bonds is 5. The topological polar surface area (TPSA) is 54.0 Å². The molecule has 5 rings (SSSR count). The second kappa shape index (κ2) is 9.46. The predicted molar refractivity (Wildman–Crippen MR) is 127 cm³/mol. The fraction of sp³-hybridized carbons (Fsp3) is 0.520. The van der Waals surface area contributed by atoms with Crippen molar-refractivity contribution in [3.05, 3.63) is 42.9 Å². The van der Waals surface area contributed by atoms with Crippen molar-refractivity contribution in [1.29, 1.82) is 0 Å². The Bertz CT molecular complexity index is 1000. The number of nitrogens with zero attached hydrogens (tertiary/aromatic N) is 5. The highest BCUT2D eigenvalue weighted by molar-refractivity contribution is 5.92. The van der Waals surface area contributed by atoms with Gasteiger partial charge in [0.15, 0.2) is 11.5 Å². The highest BCUT2D eigenvalue weighted by Gasteiger charge is 2.30. The van der Waals surface area contributed by atoms with Gasteiger partial charge in [0.2, 0.25) is 0 Å². The fourth-order valence-electron chi connectivity index (χ4n) is 5.41. The first-order valence-corrected chi connectivity index (χ1v) is 11.8. The highest BCUT2D eigenvalue weighted by atomic mass is 16.5. The molecule has 0 N–H and O–H groups in total. The third-order valence-corrected chi connectivity index (χ3v) is 7.07. The van der Waals surface area contributed by atoms with Crippen LogP contribution in [-0.2, 0) is 0 Å². The molecule has 1 atom stereocenters. The lowest BCUT2D eigenvalue weighted by Gasteiger charge is -2.38. The third-order valence-electron chi connectivity index (χ3n) is 7.07. The van der Waals surface area contributed by atoms with Gasteiger partial charge in [-0.1, -0.05) is 18.9 Å². The predicted octanol–water partition coefficient (Wildman–Crippen LogP) is 3.81. The van der Waals surface area contributed by atoms with Crippen molar-refractivity contribution in [2.45, 2.75) is 44.3 Å². The van der Waals surface area contributed by atoms with Crippen LogP contribution in [0.2, 0.25) is 0 Å². The van der Waals surface area contributed by atoms with Gasteiger partial charge in [0, 0.05) is 43.3 Å². The molecule has 2 aliphatic heterocycles. The molecule has 1 saturated heterocycles. The van der Waals surface area contributed by atoms with E-state index in [1.807, 2.05) is 12.1 Å². The van der Waals surface area contributed by atoms with E-state index in [9.17, 15) is 0 Å². The molecule has 3 aliphatic rings. The summed E-state index contributed by atoms with van der Waals surface area (Å²) >= 11 is 0. The Kier molecular flexibility index (Phi) is 6.28. The molecule has 0 bridgehead atoms. The summed E-state index contributed by atoms with van der Waals surface area (Å²) in [5.74, 6) is 2.25. The summed E-state index contributed by atoms with van der Waals surface area (Å²) < 4.78 is 11.0. The van der Waals surface area contributed by atoms with E-state index in [0.29, 0.717) is 11.5 Å². The lowest BCUT2D eigenvalue weighted by atomic mass is 10.1. The number of hydrogen-bond acceptors (Lipinski definition) is 7. The molecule has 1 aromatic heterocycles. The minimum Gasteiger partial charge on any atom is -0.493 e. The van der Waals surface area contributed by atoms with E-state index in [2.05, 4.69) is 44.1 Å². The SMILES string of the molecule is COc1cc2ncnc(N3C=CC=CC3N3CCCN(C4CCCC4)CC3)c2cc1OC. The lowest BCUT2D eigenvalue weighted by molar-refractivity contribution is 0.191. The Morgan fingerprint density at radius 2 is 1.59 bits per heavy atom. The maximum Gasteiger partial charge on any atom is 0.162 e. The van der Waals surface area contributed by atoms with Crippen LogP contribution in [0.3, 0.4) is 0 Å². The largest absolute Gasteiger partial charge is 0.493 e. The fourth-order valence-corrected chi connectivity index (χ4v) is 5.41. The number of allylic oxidation sites excluding steroid dienone is 2. The van der Waals surface area contributed by atoms with Gasteiger partial charge in [-0.25, -0.2) is 9.97 Å². The molecular formula is C25H33N5O2. The van der Waals surface area contributed by atoms with Crippen LogP contribution in [0.5, 0.6) is 11.5 Å². The van der Waals surface area contributed by atoms with Crippen LogP contribution in [0, 0.1) is 0 Å². The number of hydrogen-bond donors (Lipinski definition) is 0. The number of methoxy groups -OCH3 is 2. The van der Waals surface area contributed by atoms with Crippen LogP contribution >= 0.6 is 0 Å². The molecule has 1 aromatic carbocycles. The van der Waals surface area contributed by atoms with Gasteiger partial charge in [-0.05, 0) is 44.0 Å². The smallest absolute Gasteiger partial charge is 0.162 e. The molecule has 0 spiro atoms. The summed E-state index contributed by atoms with van der Waals surface area (Å²) in [6, 6.07) is 4.70. The van der Waals surface area contributed by atoms with E-state index in [4.69, 9.17) is 14.5 Å². The maximum absolute atomic E-state index is 5.56. The third kappa shape index (κ3) is 4.07. The molecule has 3 heterocycles. The number of benzene rings is 1. The Morgan fingerprint density at radius 3 is 2.41 bits per heavy atom. The standard InChI is InChI=1S/C25H33N5O2/c1-31-22-16-20-21(17-23(22)32-2)26-18-27-25(20)30-13-6-5-10-24(30)29-12-7-11-28(14-15-29)19-8-3-4-9-19/h5-6,10,13,16-19,24H,3-4,7-9,11-12,14-15H2,1-2H3. The summed E-state index contributed by atoms with van der Waals surface area (Å²) in [5.41, 5.74) is 0.845. The van der Waals surface area contributed by atoms with E-state index in [-0.39, 0.29) is 6.17 Å². The zero-order valence-electron chi connectivity index (χ0n) is 19.1. The second-order valence-electron chi connectivity index (χ2n) is 8.83. The number of aromatic nitrogens is 2. The minimum atomic E-state index is 0.134. The normalized spacial score (nSPS) is 23.1. The molecule has 170 valence electrons. The molecule has 32 heavy (non-hydrogen) atoms. The van der Waals surface area contributed by atoms with Crippen molar-refractivity contribution in [2.24, 2.45) is 0 Å². The highest BCUT2D eigenvalue weighted by Crippen LogP contribution is 2.36. The summed E-state index contributed by atoms with van der Waals surface area (Å²) in [5, 5.41) is 0.956. The Labute approximate surface area is 190 Å². The van der Waals surface area contributed by atoms with E-state index in [1.165, 1.54) is 38.6 Å². The van der Waals surface area contributed by atoms with E-state index >= 15 is 0 Å². The van der Waals surface area contributed by atoms with Crippen molar-refractivity contribution in [3.8, 4) is 11.5 Å². The average Bonchev–Trinajstić information content (AvgIpc) is 3.27. The molecule has 2 aromatic rings. The van der Waals surface area contributed by atoms with Gasteiger partial charge in [-0.3, -0.25) is 9.80 Å². The van der Waals surface area contributed by atoms with Crippen molar-refractivity contribution in [3.63, 3.8) is 0 Å². The summed E-state index contributed by atoms with van der Waals surface area (Å²) in [4.78, 5) is 16.8. The van der Waals surface area contributed by atoms with Crippen LogP contribution in [-0.4, -0.2) is 72.4 Å². The van der Waals surface area contributed by atoms with Crippen LogP contribution in [0.25, 0.3) is 10.9 Å². The van der Waals surface area contributed by atoms with Gasteiger partial charge in [0.1, 0.15) is 18.3 Å². The van der Waals surface area contributed by atoms with Gasteiger partial charge >= 0.3 is 0 Å². The summed E-state index contributed by atoms with van der Waals surface area (Å²) in [7, 11) is 3.31. The monoisotopic (exact) mass is 435 g/mol. The molecule has 1 aliphatic carbocycles. The van der Waals surface area contributed by atoms with Crippen molar-refractivity contribution in [2.75, 3.05) is 45.3 Å². The van der Waals surface area contributed by atoms with Gasteiger partial charge < -0.3 is 14.4 Å². The van der Waals surface area contributed by atoms with Crippen molar-refractivity contribution < 1.29 is 9.47 Å². The van der Waals surface area contributed by atoms with Gasteiger partial charge in [-0.15, -0.1) is 0 Å². The van der Waals surface area contributed by atoms with Crippen molar-refractivity contribution >= 4 is 16.7 Å². The molecule has 1 unspecified atom stereocenters. The Morgan fingerprint density at radius 1 is 0.844 bits per heavy atom. The molecule has 0 radical (unpaired) electrons. The lowest BCUT2D eigenvalue weighted by Crippen LogP contribution is -2.48. The van der Waals surface area contributed by atoms with Crippen LogP contribution in [0.15, 0.2) is 42.9 Å². The van der Waals surface area contributed by atoms with E-state index in [0.717, 1.165) is 42.4 Å². The Hall–Kier alpha value is -2.64. The van der Waals surface area contributed by atoms with E-state index < -0.39 is 0 Å². The molecule has 2 fully saturated rings. The molecule has 7 heteroatoms. The van der Waals surface area contributed by atoms with Crippen LogP contribution in [0.4, 0.5) is 5.82 Å². The van der Waals surface area contributed by atoms with Crippen LogP contribution < -0.4 is 14.4 Å². The van der Waals surface area contributed by atoms with Crippen molar-refractivity contribution in [1.82, 2.24) is 19.8 Å². The minimum absolute atomic E-state index is 0.134. The number of ether oxygens (including phenoxy) is 2. The molecular weight excluding hydrogens is 402 g/mol. The van der Waals surface area contributed by atoms with Gasteiger partial charge in [0.05, 0.1) is 19.7 Å². The molecule has 0 amide bonds. The zero-order chi connectivity index (χ0) is 21.9.